The van der Waals surface area contributed by atoms with Crippen LogP contribution in [0.1, 0.15) is 6.42 Å². The predicted octanol–water partition coefficient (Wildman–Crippen LogP) is 3.89. The van der Waals surface area contributed by atoms with Crippen molar-refractivity contribution in [3.8, 4) is 0 Å². The molecule has 1 aliphatic rings. The number of nitro benzene ring substituents is 1. The first-order chi connectivity index (χ1) is 12.3. The summed E-state index contributed by atoms with van der Waals surface area (Å²) in [7, 11) is 0. The van der Waals surface area contributed by atoms with Gasteiger partial charge < -0.3 is 10.2 Å². The molecule has 134 valence electrons. The lowest BCUT2D eigenvalue weighted by atomic mass is 10.1. The summed E-state index contributed by atoms with van der Waals surface area (Å²) < 4.78 is 0. The number of hydrogen-bond acceptors (Lipinski definition) is 4. The fourth-order valence-corrected chi connectivity index (χ4v) is 3.12. The first kappa shape index (κ1) is 18.2. The smallest absolute Gasteiger partial charge is 0.289 e. The number of carbonyl (C=O) groups excluding carboxylic acids is 2. The molecule has 2 amide bonds. The average Bonchev–Trinajstić information content (AvgIpc) is 2.98. The van der Waals surface area contributed by atoms with Gasteiger partial charge in [0.05, 0.1) is 10.8 Å². The second-order valence-corrected chi connectivity index (χ2v) is 6.64. The first-order valence-electron chi connectivity index (χ1n) is 7.66. The molecule has 0 unspecified atom stereocenters. The molecule has 1 atom stereocenters. The van der Waals surface area contributed by atoms with Gasteiger partial charge in [-0.05, 0) is 30.3 Å². The summed E-state index contributed by atoms with van der Waals surface area (Å²) >= 11 is 11.7. The standard InChI is InChI=1S/C17H13Cl2N3O4/c18-11-2-1-3-13(7-11)21-9-10(6-16(21)23)17(24)20-12-4-5-14(19)15(8-12)22(25)26/h1-5,7-8,10H,6,9H2,(H,20,24)/t10-/m0/s1. The lowest BCUT2D eigenvalue weighted by Gasteiger charge is -2.17. The van der Waals surface area contributed by atoms with E-state index in [1.165, 1.54) is 23.1 Å². The van der Waals surface area contributed by atoms with Crippen molar-refractivity contribution in [2.75, 3.05) is 16.8 Å². The maximum absolute atomic E-state index is 12.5. The van der Waals surface area contributed by atoms with Crippen LogP contribution < -0.4 is 10.2 Å². The number of halogens is 2. The van der Waals surface area contributed by atoms with Gasteiger partial charge in [-0.2, -0.15) is 0 Å². The molecule has 2 aromatic carbocycles. The van der Waals surface area contributed by atoms with Crippen LogP contribution in [0.15, 0.2) is 42.5 Å². The summed E-state index contributed by atoms with van der Waals surface area (Å²) in [6.07, 6.45) is 0.0496. The second-order valence-electron chi connectivity index (χ2n) is 5.80. The largest absolute Gasteiger partial charge is 0.326 e. The Labute approximate surface area is 158 Å². The van der Waals surface area contributed by atoms with Crippen LogP contribution in [0.2, 0.25) is 10.0 Å². The van der Waals surface area contributed by atoms with Crippen LogP contribution in [-0.2, 0) is 9.59 Å². The number of anilines is 2. The van der Waals surface area contributed by atoms with E-state index in [9.17, 15) is 19.7 Å². The monoisotopic (exact) mass is 393 g/mol. The van der Waals surface area contributed by atoms with Gasteiger partial charge in [-0.15, -0.1) is 0 Å². The Morgan fingerprint density at radius 1 is 1.23 bits per heavy atom. The zero-order chi connectivity index (χ0) is 18.8. The molecular formula is C17H13Cl2N3O4. The van der Waals surface area contributed by atoms with Crippen LogP contribution in [-0.4, -0.2) is 23.3 Å². The van der Waals surface area contributed by atoms with Crippen LogP contribution in [0.3, 0.4) is 0 Å². The molecule has 1 aliphatic heterocycles. The number of carbonyl (C=O) groups is 2. The van der Waals surface area contributed by atoms with Gasteiger partial charge in [0, 0.05) is 35.4 Å². The number of nitrogens with one attached hydrogen (secondary N) is 1. The Hall–Kier alpha value is -2.64. The molecular weight excluding hydrogens is 381 g/mol. The van der Waals surface area contributed by atoms with E-state index >= 15 is 0 Å². The summed E-state index contributed by atoms with van der Waals surface area (Å²) in [6, 6.07) is 10.8. The third kappa shape index (κ3) is 3.79. The molecule has 2 aromatic rings. The van der Waals surface area contributed by atoms with Gasteiger partial charge >= 0.3 is 0 Å². The Morgan fingerprint density at radius 3 is 2.69 bits per heavy atom. The van der Waals surface area contributed by atoms with E-state index in [0.717, 1.165) is 0 Å². The van der Waals surface area contributed by atoms with E-state index < -0.39 is 10.8 Å². The predicted molar refractivity (Wildman–Crippen MR) is 98.6 cm³/mol. The van der Waals surface area contributed by atoms with Gasteiger partial charge in [0.15, 0.2) is 0 Å². The van der Waals surface area contributed by atoms with E-state index in [1.807, 2.05) is 0 Å². The van der Waals surface area contributed by atoms with Crippen molar-refractivity contribution >= 4 is 52.1 Å². The Bertz CT molecular complexity index is 903. The molecule has 7 nitrogen and oxygen atoms in total. The van der Waals surface area contributed by atoms with Gasteiger partial charge in [-0.1, -0.05) is 29.3 Å². The highest BCUT2D eigenvalue weighted by Gasteiger charge is 2.35. The highest BCUT2D eigenvalue weighted by atomic mass is 35.5. The summed E-state index contributed by atoms with van der Waals surface area (Å²) in [6.45, 7) is 0.209. The van der Waals surface area contributed by atoms with Gasteiger partial charge in [0.1, 0.15) is 5.02 Å². The zero-order valence-corrected chi connectivity index (χ0v) is 14.8. The van der Waals surface area contributed by atoms with Crippen LogP contribution >= 0.6 is 23.2 Å². The Morgan fingerprint density at radius 2 is 2.00 bits per heavy atom. The van der Waals surface area contributed by atoms with Crippen molar-refractivity contribution in [2.45, 2.75) is 6.42 Å². The Balaban J connectivity index is 1.72. The number of nitro groups is 1. The van der Waals surface area contributed by atoms with Gasteiger partial charge in [-0.25, -0.2) is 0 Å². The highest BCUT2D eigenvalue weighted by molar-refractivity contribution is 6.32. The third-order valence-corrected chi connectivity index (χ3v) is 4.58. The molecule has 1 heterocycles. The second kappa shape index (κ2) is 7.31. The first-order valence-corrected chi connectivity index (χ1v) is 8.41. The van der Waals surface area contributed by atoms with E-state index in [4.69, 9.17) is 23.2 Å². The minimum Gasteiger partial charge on any atom is -0.326 e. The number of amides is 2. The van der Waals surface area contributed by atoms with Gasteiger partial charge in [0.25, 0.3) is 5.69 Å². The number of nitrogens with zero attached hydrogens (tertiary/aromatic N) is 2. The van der Waals surface area contributed by atoms with Crippen molar-refractivity contribution in [3.63, 3.8) is 0 Å². The third-order valence-electron chi connectivity index (χ3n) is 4.03. The summed E-state index contributed by atoms with van der Waals surface area (Å²) in [4.78, 5) is 36.5. The minimum atomic E-state index is -0.627. The summed E-state index contributed by atoms with van der Waals surface area (Å²) in [5, 5.41) is 14.0. The van der Waals surface area contributed by atoms with E-state index in [0.29, 0.717) is 10.7 Å². The van der Waals surface area contributed by atoms with Crippen LogP contribution in [0.5, 0.6) is 0 Å². The van der Waals surface area contributed by atoms with Gasteiger partial charge in [0.2, 0.25) is 11.8 Å². The summed E-state index contributed by atoms with van der Waals surface area (Å²) in [5.74, 6) is -1.15. The van der Waals surface area contributed by atoms with Crippen molar-refractivity contribution in [1.82, 2.24) is 0 Å². The topological polar surface area (TPSA) is 92.5 Å². The minimum absolute atomic E-state index is 0.0174. The molecule has 1 saturated heterocycles. The van der Waals surface area contributed by atoms with E-state index in [-0.39, 0.29) is 41.2 Å². The molecule has 0 radical (unpaired) electrons. The van der Waals surface area contributed by atoms with Crippen LogP contribution in [0.25, 0.3) is 0 Å². The molecule has 0 aliphatic carbocycles. The van der Waals surface area contributed by atoms with E-state index in [1.54, 1.807) is 24.3 Å². The van der Waals surface area contributed by atoms with Crippen molar-refractivity contribution in [2.24, 2.45) is 5.92 Å². The van der Waals surface area contributed by atoms with Crippen molar-refractivity contribution in [1.29, 1.82) is 0 Å². The molecule has 9 heteroatoms. The normalized spacial score (nSPS) is 16.6. The molecule has 0 spiro atoms. The lowest BCUT2D eigenvalue weighted by molar-refractivity contribution is -0.384. The van der Waals surface area contributed by atoms with Crippen LogP contribution in [0, 0.1) is 16.0 Å². The fourth-order valence-electron chi connectivity index (χ4n) is 2.75. The molecule has 0 aromatic heterocycles. The highest BCUT2D eigenvalue weighted by Crippen LogP contribution is 2.30. The molecule has 0 saturated carbocycles. The number of rotatable bonds is 4. The molecule has 1 N–H and O–H groups in total. The maximum atomic E-state index is 12.5. The molecule has 3 rings (SSSR count). The molecule has 1 fully saturated rings. The SMILES string of the molecule is O=C(Nc1ccc(Cl)c([N+](=O)[O-])c1)[C@H]1CC(=O)N(c2cccc(Cl)c2)C1. The fraction of sp³-hybridized carbons (Fsp3) is 0.176. The lowest BCUT2D eigenvalue weighted by Crippen LogP contribution is -2.28. The van der Waals surface area contributed by atoms with Crippen molar-refractivity contribution < 1.29 is 14.5 Å². The van der Waals surface area contributed by atoms with Crippen LogP contribution in [0.4, 0.5) is 17.1 Å². The van der Waals surface area contributed by atoms with E-state index in [2.05, 4.69) is 5.32 Å². The zero-order valence-electron chi connectivity index (χ0n) is 13.3. The maximum Gasteiger partial charge on any atom is 0.289 e. The number of hydrogen-bond donors (Lipinski definition) is 1. The Kier molecular flexibility index (Phi) is 5.11. The molecule has 0 bridgehead atoms. The summed E-state index contributed by atoms with van der Waals surface area (Å²) in [5.41, 5.74) is 0.576. The quantitative estimate of drug-likeness (QED) is 0.629. The van der Waals surface area contributed by atoms with Crippen molar-refractivity contribution in [3.05, 3.63) is 62.6 Å². The average molecular weight is 394 g/mol. The molecule has 26 heavy (non-hydrogen) atoms. The number of benzene rings is 2. The van der Waals surface area contributed by atoms with Gasteiger partial charge in [-0.3, -0.25) is 19.7 Å².